The van der Waals surface area contributed by atoms with Crippen LogP contribution in [0.2, 0.25) is 0 Å². The molecule has 1 heterocycles. The van der Waals surface area contributed by atoms with E-state index in [2.05, 4.69) is 5.32 Å². The summed E-state index contributed by atoms with van der Waals surface area (Å²) in [6, 6.07) is 7.28. The van der Waals surface area contributed by atoms with Crippen molar-refractivity contribution in [3.8, 4) is 5.75 Å². The number of nitrogens with one attached hydrogen (secondary N) is 1. The molecular weight excluding hydrogens is 330 g/mol. The standard InChI is InChI=1S/C20H29N3O3/c21-11-14-26-16-9-7-15(8-10-16)22-19(24)17-5-1-2-6-18(17)20(25)23-12-3-4-13-23/h7-10,17-18H,1-6,11-14,21H2,(H,22,24). The van der Waals surface area contributed by atoms with Crippen LogP contribution in [0.1, 0.15) is 38.5 Å². The maximum absolute atomic E-state index is 12.8. The van der Waals surface area contributed by atoms with Crippen LogP contribution in [0.5, 0.6) is 5.75 Å². The lowest BCUT2D eigenvalue weighted by atomic mass is 9.77. The lowest BCUT2D eigenvalue weighted by molar-refractivity contribution is -0.141. The minimum absolute atomic E-state index is 0.0436. The maximum Gasteiger partial charge on any atom is 0.228 e. The van der Waals surface area contributed by atoms with Gasteiger partial charge < -0.3 is 20.7 Å². The van der Waals surface area contributed by atoms with E-state index in [0.29, 0.717) is 13.2 Å². The highest BCUT2D eigenvalue weighted by atomic mass is 16.5. The molecule has 1 aromatic rings. The molecule has 3 rings (SSSR count). The Morgan fingerprint density at radius 3 is 2.35 bits per heavy atom. The third-order valence-corrected chi connectivity index (χ3v) is 5.35. The molecule has 1 aliphatic heterocycles. The topological polar surface area (TPSA) is 84.7 Å². The Balaban J connectivity index is 1.61. The van der Waals surface area contributed by atoms with Crippen molar-refractivity contribution in [2.24, 2.45) is 17.6 Å². The van der Waals surface area contributed by atoms with Crippen LogP contribution in [-0.2, 0) is 9.59 Å². The lowest BCUT2D eigenvalue weighted by Gasteiger charge is -2.32. The molecule has 6 heteroatoms. The second-order valence-corrected chi connectivity index (χ2v) is 7.18. The van der Waals surface area contributed by atoms with Crippen LogP contribution >= 0.6 is 0 Å². The Kier molecular flexibility index (Phi) is 6.50. The van der Waals surface area contributed by atoms with Gasteiger partial charge in [-0.05, 0) is 49.9 Å². The van der Waals surface area contributed by atoms with Crippen molar-refractivity contribution in [1.29, 1.82) is 0 Å². The number of carbonyl (C=O) groups is 2. The first kappa shape index (κ1) is 18.7. The molecule has 26 heavy (non-hydrogen) atoms. The number of nitrogens with zero attached hydrogens (tertiary/aromatic N) is 1. The van der Waals surface area contributed by atoms with Crippen molar-refractivity contribution in [3.63, 3.8) is 0 Å². The van der Waals surface area contributed by atoms with E-state index in [9.17, 15) is 9.59 Å². The number of anilines is 1. The molecule has 2 atom stereocenters. The van der Waals surface area contributed by atoms with Gasteiger partial charge in [0.2, 0.25) is 11.8 Å². The van der Waals surface area contributed by atoms with E-state index >= 15 is 0 Å². The zero-order valence-electron chi connectivity index (χ0n) is 15.3. The monoisotopic (exact) mass is 359 g/mol. The molecule has 0 spiro atoms. The summed E-state index contributed by atoms with van der Waals surface area (Å²) < 4.78 is 5.45. The highest BCUT2D eigenvalue weighted by molar-refractivity contribution is 5.96. The predicted molar refractivity (Wildman–Crippen MR) is 101 cm³/mol. The molecule has 1 saturated carbocycles. The third-order valence-electron chi connectivity index (χ3n) is 5.35. The van der Waals surface area contributed by atoms with Crippen LogP contribution in [0.25, 0.3) is 0 Å². The van der Waals surface area contributed by atoms with Crippen LogP contribution in [0.15, 0.2) is 24.3 Å². The van der Waals surface area contributed by atoms with Gasteiger partial charge >= 0.3 is 0 Å². The van der Waals surface area contributed by atoms with Crippen LogP contribution in [-0.4, -0.2) is 43.0 Å². The summed E-state index contributed by atoms with van der Waals surface area (Å²) in [4.78, 5) is 27.6. The number of nitrogens with two attached hydrogens (primary N) is 1. The number of hydrogen-bond donors (Lipinski definition) is 2. The predicted octanol–water partition coefficient (Wildman–Crippen LogP) is 2.39. The van der Waals surface area contributed by atoms with Crippen molar-refractivity contribution >= 4 is 17.5 Å². The fourth-order valence-corrected chi connectivity index (χ4v) is 3.96. The van der Waals surface area contributed by atoms with E-state index in [1.807, 2.05) is 29.2 Å². The maximum atomic E-state index is 12.8. The zero-order chi connectivity index (χ0) is 18.4. The molecule has 2 fully saturated rings. The van der Waals surface area contributed by atoms with Gasteiger partial charge in [-0.3, -0.25) is 9.59 Å². The quantitative estimate of drug-likeness (QED) is 0.817. The molecule has 3 N–H and O–H groups in total. The highest BCUT2D eigenvalue weighted by Gasteiger charge is 2.38. The number of carbonyl (C=O) groups excluding carboxylic acids is 2. The van der Waals surface area contributed by atoms with Crippen LogP contribution in [0.3, 0.4) is 0 Å². The summed E-state index contributed by atoms with van der Waals surface area (Å²) in [5.74, 6) is 0.456. The van der Waals surface area contributed by atoms with Gasteiger partial charge in [-0.1, -0.05) is 12.8 Å². The molecule has 0 aromatic heterocycles. The number of amides is 2. The molecular formula is C20H29N3O3. The van der Waals surface area contributed by atoms with Gasteiger partial charge in [0, 0.05) is 37.2 Å². The van der Waals surface area contributed by atoms with Crippen LogP contribution in [0, 0.1) is 11.8 Å². The summed E-state index contributed by atoms with van der Waals surface area (Å²) in [6.07, 6.45) is 5.80. The Bertz CT molecular complexity index is 611. The van der Waals surface area contributed by atoms with E-state index in [0.717, 1.165) is 63.1 Å². The Hall–Kier alpha value is -2.08. The summed E-state index contributed by atoms with van der Waals surface area (Å²) in [6.45, 7) is 2.61. The van der Waals surface area contributed by atoms with Gasteiger partial charge in [0.05, 0.1) is 0 Å². The first-order valence-electron chi connectivity index (χ1n) is 9.71. The highest BCUT2D eigenvalue weighted by Crippen LogP contribution is 2.33. The molecule has 1 aromatic carbocycles. The second kappa shape index (κ2) is 9.03. The first-order chi connectivity index (χ1) is 12.7. The van der Waals surface area contributed by atoms with E-state index in [1.54, 1.807) is 0 Å². The van der Waals surface area contributed by atoms with E-state index in [1.165, 1.54) is 0 Å². The van der Waals surface area contributed by atoms with Gasteiger partial charge in [-0.15, -0.1) is 0 Å². The number of likely N-dealkylation sites (tertiary alicyclic amines) is 1. The molecule has 6 nitrogen and oxygen atoms in total. The van der Waals surface area contributed by atoms with Gasteiger partial charge in [0.1, 0.15) is 12.4 Å². The minimum atomic E-state index is -0.231. The Morgan fingerprint density at radius 1 is 1.04 bits per heavy atom. The van der Waals surface area contributed by atoms with Crippen molar-refractivity contribution in [2.45, 2.75) is 38.5 Å². The largest absolute Gasteiger partial charge is 0.492 e. The van der Waals surface area contributed by atoms with Crippen molar-refractivity contribution in [3.05, 3.63) is 24.3 Å². The molecule has 2 aliphatic rings. The Labute approximate surface area is 155 Å². The molecule has 0 radical (unpaired) electrons. The molecule has 2 amide bonds. The van der Waals surface area contributed by atoms with Gasteiger partial charge in [-0.25, -0.2) is 0 Å². The molecule has 142 valence electrons. The van der Waals surface area contributed by atoms with Crippen molar-refractivity contribution < 1.29 is 14.3 Å². The number of ether oxygens (including phenoxy) is 1. The summed E-state index contributed by atoms with van der Waals surface area (Å²) >= 11 is 0. The zero-order valence-corrected chi connectivity index (χ0v) is 15.3. The number of rotatable bonds is 6. The Morgan fingerprint density at radius 2 is 1.69 bits per heavy atom. The number of benzene rings is 1. The molecule has 0 bridgehead atoms. The molecule has 1 aliphatic carbocycles. The fourth-order valence-electron chi connectivity index (χ4n) is 3.96. The first-order valence-corrected chi connectivity index (χ1v) is 9.71. The average molecular weight is 359 g/mol. The van der Waals surface area contributed by atoms with Gasteiger partial charge in [0.25, 0.3) is 0 Å². The van der Waals surface area contributed by atoms with E-state index in [4.69, 9.17) is 10.5 Å². The summed E-state index contributed by atoms with van der Waals surface area (Å²) in [5, 5.41) is 2.98. The van der Waals surface area contributed by atoms with Crippen LogP contribution < -0.4 is 15.8 Å². The fraction of sp³-hybridized carbons (Fsp3) is 0.600. The average Bonchev–Trinajstić information content (AvgIpc) is 3.21. The second-order valence-electron chi connectivity index (χ2n) is 7.18. The van der Waals surface area contributed by atoms with Crippen molar-refractivity contribution in [1.82, 2.24) is 4.90 Å². The van der Waals surface area contributed by atoms with E-state index < -0.39 is 0 Å². The summed E-state index contributed by atoms with van der Waals surface area (Å²) in [5.41, 5.74) is 6.15. The lowest BCUT2D eigenvalue weighted by Crippen LogP contribution is -2.42. The molecule has 2 unspecified atom stereocenters. The smallest absolute Gasteiger partial charge is 0.228 e. The molecule has 1 saturated heterocycles. The van der Waals surface area contributed by atoms with Gasteiger partial charge in [0.15, 0.2) is 0 Å². The van der Waals surface area contributed by atoms with Crippen molar-refractivity contribution in [2.75, 3.05) is 31.6 Å². The van der Waals surface area contributed by atoms with E-state index in [-0.39, 0.29) is 23.7 Å². The SMILES string of the molecule is NCCOc1ccc(NC(=O)C2CCCCC2C(=O)N2CCCC2)cc1. The number of hydrogen-bond acceptors (Lipinski definition) is 4. The van der Waals surface area contributed by atoms with Gasteiger partial charge in [-0.2, -0.15) is 0 Å². The third kappa shape index (κ3) is 4.55. The normalized spacial score (nSPS) is 22.9. The minimum Gasteiger partial charge on any atom is -0.492 e. The summed E-state index contributed by atoms with van der Waals surface area (Å²) in [7, 11) is 0. The van der Waals surface area contributed by atoms with Crippen LogP contribution in [0.4, 0.5) is 5.69 Å².